The van der Waals surface area contributed by atoms with Gasteiger partial charge in [-0.05, 0) is 67.0 Å². The minimum absolute atomic E-state index is 0.452. The average Bonchev–Trinajstić information content (AvgIpc) is 3.00. The molecular formula is C18H26ClN. The molecule has 0 amide bonds. The van der Waals surface area contributed by atoms with Gasteiger partial charge >= 0.3 is 0 Å². The van der Waals surface area contributed by atoms with Crippen molar-refractivity contribution in [1.82, 2.24) is 5.32 Å². The van der Waals surface area contributed by atoms with E-state index in [1.54, 1.807) is 0 Å². The van der Waals surface area contributed by atoms with Crippen LogP contribution in [0.25, 0.3) is 0 Å². The molecule has 2 saturated carbocycles. The van der Waals surface area contributed by atoms with Crippen molar-refractivity contribution < 1.29 is 0 Å². The fourth-order valence-corrected chi connectivity index (χ4v) is 4.23. The van der Waals surface area contributed by atoms with E-state index in [9.17, 15) is 0 Å². The van der Waals surface area contributed by atoms with E-state index in [4.69, 9.17) is 11.6 Å². The largest absolute Gasteiger partial charge is 0.316 e. The van der Waals surface area contributed by atoms with Gasteiger partial charge < -0.3 is 5.32 Å². The lowest BCUT2D eigenvalue weighted by Crippen LogP contribution is -2.36. The van der Waals surface area contributed by atoms with Gasteiger partial charge in [0.1, 0.15) is 0 Å². The first-order chi connectivity index (χ1) is 9.58. The summed E-state index contributed by atoms with van der Waals surface area (Å²) in [7, 11) is 0. The Morgan fingerprint density at radius 2 is 1.95 bits per heavy atom. The summed E-state index contributed by atoms with van der Waals surface area (Å²) in [5, 5.41) is 4.65. The summed E-state index contributed by atoms with van der Waals surface area (Å²) in [5.74, 6) is 2.75. The van der Waals surface area contributed by atoms with Crippen molar-refractivity contribution in [1.29, 1.82) is 0 Å². The zero-order valence-corrected chi connectivity index (χ0v) is 13.4. The average molecular weight is 292 g/mol. The third-order valence-electron chi connectivity index (χ3n) is 5.04. The first kappa shape index (κ1) is 14.4. The molecule has 2 fully saturated rings. The summed E-state index contributed by atoms with van der Waals surface area (Å²) in [6.45, 7) is 6.84. The van der Waals surface area contributed by atoms with E-state index < -0.39 is 0 Å². The van der Waals surface area contributed by atoms with Gasteiger partial charge in [-0.2, -0.15) is 0 Å². The summed E-state index contributed by atoms with van der Waals surface area (Å²) >= 11 is 6.38. The fourth-order valence-electron chi connectivity index (χ4n) is 4.03. The number of halogens is 1. The standard InChI is InChI=1S/C18H26ClN/c1-13(2)11-20-12-18(9-15-7-16(15)10-18)8-14-5-3-4-6-17(14)19/h3-6,13,15-16,20H,7-12H2,1-2H3. The maximum absolute atomic E-state index is 6.38. The van der Waals surface area contributed by atoms with Crippen LogP contribution in [0.1, 0.15) is 38.7 Å². The third-order valence-corrected chi connectivity index (χ3v) is 5.40. The van der Waals surface area contributed by atoms with Gasteiger partial charge in [0.25, 0.3) is 0 Å². The van der Waals surface area contributed by atoms with Crippen LogP contribution in [0, 0.1) is 23.2 Å². The zero-order valence-electron chi connectivity index (χ0n) is 12.7. The minimum atomic E-state index is 0.452. The van der Waals surface area contributed by atoms with Gasteiger partial charge in [0.05, 0.1) is 0 Å². The number of benzene rings is 1. The monoisotopic (exact) mass is 291 g/mol. The van der Waals surface area contributed by atoms with Crippen LogP contribution in [0.4, 0.5) is 0 Å². The van der Waals surface area contributed by atoms with Crippen molar-refractivity contribution in [2.24, 2.45) is 23.2 Å². The second-order valence-electron chi connectivity index (χ2n) is 7.46. The number of hydrogen-bond donors (Lipinski definition) is 1. The molecule has 0 heterocycles. The van der Waals surface area contributed by atoms with Crippen LogP contribution >= 0.6 is 11.6 Å². The fraction of sp³-hybridized carbons (Fsp3) is 0.667. The molecule has 20 heavy (non-hydrogen) atoms. The number of rotatable bonds is 6. The van der Waals surface area contributed by atoms with Crippen LogP contribution in [0.3, 0.4) is 0 Å². The SMILES string of the molecule is CC(C)CNCC1(Cc2ccccc2Cl)CC2CC2C1. The number of nitrogens with one attached hydrogen (secondary N) is 1. The number of fused-ring (bicyclic) bond motifs is 1. The molecule has 0 bridgehead atoms. The molecule has 0 aliphatic heterocycles. The molecule has 2 atom stereocenters. The van der Waals surface area contributed by atoms with E-state index in [1.807, 2.05) is 12.1 Å². The van der Waals surface area contributed by atoms with E-state index in [-0.39, 0.29) is 0 Å². The smallest absolute Gasteiger partial charge is 0.0438 e. The summed E-state index contributed by atoms with van der Waals surface area (Å²) in [5.41, 5.74) is 1.79. The highest BCUT2D eigenvalue weighted by Crippen LogP contribution is 2.60. The Hall–Kier alpha value is -0.530. The van der Waals surface area contributed by atoms with Crippen molar-refractivity contribution in [2.45, 2.75) is 39.5 Å². The van der Waals surface area contributed by atoms with Gasteiger partial charge in [0.15, 0.2) is 0 Å². The first-order valence-electron chi connectivity index (χ1n) is 8.02. The Kier molecular flexibility index (Phi) is 4.10. The van der Waals surface area contributed by atoms with E-state index >= 15 is 0 Å². The first-order valence-corrected chi connectivity index (χ1v) is 8.40. The quantitative estimate of drug-likeness (QED) is 0.811. The van der Waals surface area contributed by atoms with Crippen LogP contribution in [-0.2, 0) is 6.42 Å². The molecule has 0 spiro atoms. The van der Waals surface area contributed by atoms with Crippen LogP contribution in [0.2, 0.25) is 5.02 Å². The van der Waals surface area contributed by atoms with Gasteiger partial charge in [-0.15, -0.1) is 0 Å². The van der Waals surface area contributed by atoms with E-state index in [2.05, 4.69) is 31.3 Å². The highest BCUT2D eigenvalue weighted by atomic mass is 35.5. The topological polar surface area (TPSA) is 12.0 Å². The third kappa shape index (κ3) is 3.20. The second kappa shape index (κ2) is 5.69. The normalized spacial score (nSPS) is 31.6. The van der Waals surface area contributed by atoms with Gasteiger partial charge in [0, 0.05) is 11.6 Å². The number of hydrogen-bond acceptors (Lipinski definition) is 1. The molecule has 1 nitrogen and oxygen atoms in total. The van der Waals surface area contributed by atoms with Gasteiger partial charge in [-0.25, -0.2) is 0 Å². The Balaban J connectivity index is 1.68. The molecule has 2 unspecified atom stereocenters. The molecule has 110 valence electrons. The molecule has 0 saturated heterocycles. The highest BCUT2D eigenvalue weighted by Gasteiger charge is 2.53. The van der Waals surface area contributed by atoms with E-state index in [0.717, 1.165) is 42.3 Å². The molecule has 1 aromatic carbocycles. The van der Waals surface area contributed by atoms with Gasteiger partial charge in [0.2, 0.25) is 0 Å². The molecule has 2 aliphatic rings. The molecular weight excluding hydrogens is 266 g/mol. The minimum Gasteiger partial charge on any atom is -0.316 e. The summed E-state index contributed by atoms with van der Waals surface area (Å²) in [6.07, 6.45) is 5.42. The summed E-state index contributed by atoms with van der Waals surface area (Å²) in [6, 6.07) is 8.38. The molecule has 0 aromatic heterocycles. The van der Waals surface area contributed by atoms with Crippen molar-refractivity contribution >= 4 is 11.6 Å². The van der Waals surface area contributed by atoms with Gasteiger partial charge in [-0.3, -0.25) is 0 Å². The van der Waals surface area contributed by atoms with Crippen molar-refractivity contribution in [2.75, 3.05) is 13.1 Å². The van der Waals surface area contributed by atoms with Crippen LogP contribution < -0.4 is 5.32 Å². The molecule has 2 heteroatoms. The molecule has 1 aromatic rings. The predicted molar refractivity (Wildman–Crippen MR) is 86.1 cm³/mol. The lowest BCUT2D eigenvalue weighted by atomic mass is 9.77. The maximum atomic E-state index is 6.38. The van der Waals surface area contributed by atoms with Crippen molar-refractivity contribution in [3.05, 3.63) is 34.9 Å². The zero-order chi connectivity index (χ0) is 14.2. The predicted octanol–water partition coefficient (Wildman–Crippen LogP) is 4.54. The molecule has 1 N–H and O–H groups in total. The van der Waals surface area contributed by atoms with Crippen LogP contribution in [0.5, 0.6) is 0 Å². The summed E-state index contributed by atoms with van der Waals surface area (Å²) in [4.78, 5) is 0. The molecule has 3 rings (SSSR count). The highest BCUT2D eigenvalue weighted by molar-refractivity contribution is 6.31. The van der Waals surface area contributed by atoms with Crippen LogP contribution in [-0.4, -0.2) is 13.1 Å². The summed E-state index contributed by atoms with van der Waals surface area (Å²) < 4.78 is 0. The Labute approximate surface area is 128 Å². The lowest BCUT2D eigenvalue weighted by molar-refractivity contribution is 0.245. The van der Waals surface area contributed by atoms with E-state index in [1.165, 1.54) is 24.8 Å². The van der Waals surface area contributed by atoms with Crippen LogP contribution in [0.15, 0.2) is 24.3 Å². The van der Waals surface area contributed by atoms with Crippen molar-refractivity contribution in [3.8, 4) is 0 Å². The van der Waals surface area contributed by atoms with Gasteiger partial charge in [-0.1, -0.05) is 43.6 Å². The maximum Gasteiger partial charge on any atom is 0.0438 e. The van der Waals surface area contributed by atoms with E-state index in [0.29, 0.717) is 5.41 Å². The lowest BCUT2D eigenvalue weighted by Gasteiger charge is -2.32. The Morgan fingerprint density at radius 3 is 2.60 bits per heavy atom. The second-order valence-corrected chi connectivity index (χ2v) is 7.86. The Morgan fingerprint density at radius 1 is 1.25 bits per heavy atom. The molecule has 0 radical (unpaired) electrons. The molecule has 2 aliphatic carbocycles. The Bertz CT molecular complexity index is 458. The van der Waals surface area contributed by atoms with Crippen molar-refractivity contribution in [3.63, 3.8) is 0 Å².